The Kier molecular flexibility index (Phi) is 9.73. The van der Waals surface area contributed by atoms with Gasteiger partial charge in [-0.2, -0.15) is 0 Å². The fourth-order valence-electron chi connectivity index (χ4n) is 4.21. The van der Waals surface area contributed by atoms with Gasteiger partial charge in [0.15, 0.2) is 5.16 Å². The third-order valence-corrected chi connectivity index (χ3v) is 7.63. The maximum absolute atomic E-state index is 12.4. The smallest absolute Gasteiger partial charge is 0.220 e. The molecular weight excluding hydrogens is 521 g/mol. The van der Waals surface area contributed by atoms with Crippen LogP contribution in [-0.2, 0) is 11.2 Å². The van der Waals surface area contributed by atoms with E-state index in [4.69, 9.17) is 28.2 Å². The Labute approximate surface area is 233 Å². The molecule has 37 heavy (non-hydrogen) atoms. The largest absolute Gasteiger partial charge is 0.356 e. The molecule has 1 aromatic heterocycles. The lowest BCUT2D eigenvalue weighted by Crippen LogP contribution is -2.25. The Morgan fingerprint density at radius 1 is 0.973 bits per heavy atom. The number of hydrogen-bond donors (Lipinski definition) is 1. The second-order valence-corrected chi connectivity index (χ2v) is 11.0. The zero-order valence-corrected chi connectivity index (χ0v) is 23.4. The van der Waals surface area contributed by atoms with Gasteiger partial charge in [-0.1, -0.05) is 102 Å². The summed E-state index contributed by atoms with van der Waals surface area (Å²) in [6, 6.07) is 26.4. The van der Waals surface area contributed by atoms with Crippen LogP contribution in [-0.4, -0.2) is 27.8 Å². The highest BCUT2D eigenvalue weighted by Gasteiger charge is 2.22. The number of thioether (sulfide) groups is 1. The summed E-state index contributed by atoms with van der Waals surface area (Å²) in [7, 11) is 0. The lowest BCUT2D eigenvalue weighted by molar-refractivity contribution is -0.121. The molecule has 0 fully saturated rings. The lowest BCUT2D eigenvalue weighted by Gasteiger charge is -2.16. The molecule has 0 aliphatic rings. The molecule has 1 heterocycles. The quantitative estimate of drug-likeness (QED) is 0.150. The van der Waals surface area contributed by atoms with Crippen LogP contribution in [0.1, 0.15) is 38.3 Å². The van der Waals surface area contributed by atoms with Crippen LogP contribution in [0, 0.1) is 0 Å². The Morgan fingerprint density at radius 2 is 1.65 bits per heavy atom. The van der Waals surface area contributed by atoms with Crippen LogP contribution in [0.4, 0.5) is 0 Å². The first-order valence-corrected chi connectivity index (χ1v) is 14.2. The van der Waals surface area contributed by atoms with E-state index in [0.29, 0.717) is 29.4 Å². The number of nitrogens with zero attached hydrogens (tertiary/aromatic N) is 2. The van der Waals surface area contributed by atoms with Gasteiger partial charge >= 0.3 is 0 Å². The van der Waals surface area contributed by atoms with Gasteiger partial charge in [-0.25, -0.2) is 4.98 Å². The number of amides is 1. The summed E-state index contributed by atoms with van der Waals surface area (Å²) in [6.07, 6.45) is 1.91. The van der Waals surface area contributed by atoms with Crippen molar-refractivity contribution in [3.8, 4) is 22.5 Å². The van der Waals surface area contributed by atoms with Gasteiger partial charge in [0.25, 0.3) is 0 Å². The molecule has 3 aromatic carbocycles. The van der Waals surface area contributed by atoms with Crippen molar-refractivity contribution in [2.75, 3.05) is 12.3 Å². The van der Waals surface area contributed by atoms with E-state index in [2.05, 4.69) is 60.1 Å². The Hall–Kier alpha value is -2.73. The van der Waals surface area contributed by atoms with Gasteiger partial charge in [-0.3, -0.25) is 4.79 Å². The lowest BCUT2D eigenvalue weighted by atomic mass is 10.0. The first-order chi connectivity index (χ1) is 17.9. The third-order valence-electron chi connectivity index (χ3n) is 6.00. The highest BCUT2D eigenvalue weighted by molar-refractivity contribution is 7.99. The van der Waals surface area contributed by atoms with Crippen molar-refractivity contribution in [1.82, 2.24) is 14.9 Å². The van der Waals surface area contributed by atoms with Gasteiger partial charge in [0.2, 0.25) is 5.91 Å². The van der Waals surface area contributed by atoms with Crippen LogP contribution >= 0.6 is 35.0 Å². The molecule has 1 amide bonds. The molecule has 0 saturated heterocycles. The minimum Gasteiger partial charge on any atom is -0.356 e. The van der Waals surface area contributed by atoms with E-state index in [9.17, 15) is 4.79 Å². The van der Waals surface area contributed by atoms with Crippen molar-refractivity contribution < 1.29 is 4.79 Å². The molecule has 7 heteroatoms. The molecule has 0 atom stereocenters. The summed E-state index contributed by atoms with van der Waals surface area (Å²) >= 11 is 13.9. The number of carbonyl (C=O) groups is 1. The topological polar surface area (TPSA) is 46.9 Å². The zero-order chi connectivity index (χ0) is 26.2. The van der Waals surface area contributed by atoms with Crippen LogP contribution in [0.2, 0.25) is 10.0 Å². The second-order valence-electron chi connectivity index (χ2n) is 9.08. The van der Waals surface area contributed by atoms with Gasteiger partial charge in [0.1, 0.15) is 0 Å². The molecule has 4 aromatic rings. The van der Waals surface area contributed by atoms with Crippen LogP contribution in [0.5, 0.6) is 0 Å². The van der Waals surface area contributed by atoms with Crippen molar-refractivity contribution in [1.29, 1.82) is 0 Å². The first kappa shape index (κ1) is 27.3. The van der Waals surface area contributed by atoms with Gasteiger partial charge in [0, 0.05) is 45.9 Å². The first-order valence-electron chi connectivity index (χ1n) is 12.5. The number of aromatic nitrogens is 2. The Bertz CT molecular complexity index is 1320. The molecule has 0 radical (unpaired) electrons. The monoisotopic (exact) mass is 551 g/mol. The van der Waals surface area contributed by atoms with E-state index in [1.54, 1.807) is 17.8 Å². The molecule has 4 rings (SSSR count). The summed E-state index contributed by atoms with van der Waals surface area (Å²) in [6.45, 7) is 4.92. The normalized spacial score (nSPS) is 11.2. The molecule has 0 unspecified atom stereocenters. The van der Waals surface area contributed by atoms with E-state index in [-0.39, 0.29) is 11.9 Å². The predicted octanol–water partition coefficient (Wildman–Crippen LogP) is 8.34. The van der Waals surface area contributed by atoms with Gasteiger partial charge in [0.05, 0.1) is 11.4 Å². The average molecular weight is 553 g/mol. The number of carbonyl (C=O) groups excluding carboxylic acids is 1. The van der Waals surface area contributed by atoms with Crippen molar-refractivity contribution in [2.45, 2.75) is 44.3 Å². The fourth-order valence-corrected chi connectivity index (χ4v) is 5.78. The SMILES string of the molecule is CC(C)n1c(SCCCC(=O)NCCc2ccc(Cl)cc2Cl)nc(-c2ccccc2)c1-c1ccccc1. The zero-order valence-electron chi connectivity index (χ0n) is 21.1. The summed E-state index contributed by atoms with van der Waals surface area (Å²) in [5.41, 5.74) is 5.34. The van der Waals surface area contributed by atoms with E-state index in [1.807, 2.05) is 36.4 Å². The summed E-state index contributed by atoms with van der Waals surface area (Å²) in [5.74, 6) is 0.857. The second kappa shape index (κ2) is 13.2. The molecule has 192 valence electrons. The molecule has 0 aliphatic heterocycles. The minimum absolute atomic E-state index is 0.0489. The average Bonchev–Trinajstić information content (AvgIpc) is 3.29. The van der Waals surface area contributed by atoms with E-state index < -0.39 is 0 Å². The number of rotatable bonds is 11. The van der Waals surface area contributed by atoms with E-state index in [1.165, 1.54) is 0 Å². The maximum atomic E-state index is 12.4. The summed E-state index contributed by atoms with van der Waals surface area (Å²) < 4.78 is 2.32. The molecule has 0 saturated carbocycles. The van der Waals surface area contributed by atoms with Gasteiger partial charge in [-0.15, -0.1) is 0 Å². The highest BCUT2D eigenvalue weighted by Crippen LogP contribution is 2.38. The van der Waals surface area contributed by atoms with Crippen LogP contribution in [0.25, 0.3) is 22.5 Å². The number of benzene rings is 3. The molecular formula is C30H31Cl2N3OS. The minimum atomic E-state index is 0.0489. The third kappa shape index (κ3) is 7.19. The molecule has 4 nitrogen and oxygen atoms in total. The van der Waals surface area contributed by atoms with Crippen molar-refractivity contribution in [3.05, 3.63) is 94.5 Å². The van der Waals surface area contributed by atoms with E-state index >= 15 is 0 Å². The number of halogens is 2. The Balaban J connectivity index is 1.39. The highest BCUT2D eigenvalue weighted by atomic mass is 35.5. The predicted molar refractivity (Wildman–Crippen MR) is 157 cm³/mol. The van der Waals surface area contributed by atoms with Crippen LogP contribution < -0.4 is 5.32 Å². The van der Waals surface area contributed by atoms with Crippen LogP contribution in [0.15, 0.2) is 84.0 Å². The standard InChI is InChI=1S/C30H31Cl2N3OS/c1-21(2)35-29(24-12-7-4-8-13-24)28(23-10-5-3-6-11-23)34-30(35)37-19-9-14-27(36)33-18-17-22-15-16-25(31)20-26(22)32/h3-8,10-13,15-16,20-21H,9,14,17-19H2,1-2H3,(H,33,36). The molecule has 0 spiro atoms. The number of imidazole rings is 1. The van der Waals surface area contributed by atoms with Crippen molar-refractivity contribution >= 4 is 40.9 Å². The Morgan fingerprint density at radius 3 is 2.30 bits per heavy atom. The van der Waals surface area contributed by atoms with Crippen LogP contribution in [0.3, 0.4) is 0 Å². The summed E-state index contributed by atoms with van der Waals surface area (Å²) in [5, 5.41) is 5.21. The molecule has 1 N–H and O–H groups in total. The maximum Gasteiger partial charge on any atom is 0.220 e. The fraction of sp³-hybridized carbons (Fsp3) is 0.267. The van der Waals surface area contributed by atoms with Gasteiger partial charge in [-0.05, 0) is 44.4 Å². The molecule has 0 bridgehead atoms. The summed E-state index contributed by atoms with van der Waals surface area (Å²) in [4.78, 5) is 17.5. The van der Waals surface area contributed by atoms with Crippen molar-refractivity contribution in [2.24, 2.45) is 0 Å². The number of nitrogens with one attached hydrogen (secondary N) is 1. The number of hydrogen-bond acceptors (Lipinski definition) is 3. The van der Waals surface area contributed by atoms with Gasteiger partial charge < -0.3 is 9.88 Å². The van der Waals surface area contributed by atoms with Crippen molar-refractivity contribution in [3.63, 3.8) is 0 Å². The molecule has 0 aliphatic carbocycles. The van der Waals surface area contributed by atoms with E-state index in [0.717, 1.165) is 45.4 Å².